The van der Waals surface area contributed by atoms with E-state index in [0.29, 0.717) is 36.0 Å². The molecule has 0 aliphatic carbocycles. The first-order chi connectivity index (χ1) is 13.3. The van der Waals surface area contributed by atoms with E-state index in [1.807, 2.05) is 0 Å². The molecule has 1 amide bonds. The Balaban J connectivity index is 1.81. The van der Waals surface area contributed by atoms with Crippen molar-refractivity contribution in [3.8, 4) is 17.2 Å². The SMILES string of the molecule is COc1cc(C(=O)N[C@@H](CO)c2ccc(C(F)(F)F)cc2)cc2c1OCCO2. The van der Waals surface area contributed by atoms with E-state index in [1.54, 1.807) is 0 Å². The Hall–Kier alpha value is -2.94. The van der Waals surface area contributed by atoms with E-state index in [9.17, 15) is 23.1 Å². The number of aliphatic hydroxyl groups is 1. The smallest absolute Gasteiger partial charge is 0.416 e. The molecule has 0 fully saturated rings. The number of amides is 1. The number of nitrogens with one attached hydrogen (secondary N) is 1. The number of fused-ring (bicyclic) bond motifs is 1. The Morgan fingerprint density at radius 3 is 2.50 bits per heavy atom. The van der Waals surface area contributed by atoms with Crippen LogP contribution in [0.2, 0.25) is 0 Å². The molecule has 2 aromatic rings. The van der Waals surface area contributed by atoms with Crippen LogP contribution >= 0.6 is 0 Å². The molecular weight excluding hydrogens is 379 g/mol. The number of rotatable bonds is 5. The monoisotopic (exact) mass is 397 g/mol. The highest BCUT2D eigenvalue weighted by Gasteiger charge is 2.30. The Morgan fingerprint density at radius 1 is 1.21 bits per heavy atom. The van der Waals surface area contributed by atoms with Crippen molar-refractivity contribution in [1.82, 2.24) is 5.32 Å². The van der Waals surface area contributed by atoms with Crippen LogP contribution in [0.25, 0.3) is 0 Å². The van der Waals surface area contributed by atoms with Crippen molar-refractivity contribution < 1.29 is 37.3 Å². The molecule has 1 aliphatic heterocycles. The highest BCUT2D eigenvalue weighted by Crippen LogP contribution is 2.40. The number of alkyl halides is 3. The third-order valence-corrected chi connectivity index (χ3v) is 4.22. The van der Waals surface area contributed by atoms with Crippen molar-refractivity contribution in [3.63, 3.8) is 0 Å². The van der Waals surface area contributed by atoms with E-state index < -0.39 is 30.3 Å². The van der Waals surface area contributed by atoms with Crippen molar-refractivity contribution >= 4 is 5.91 Å². The molecule has 1 aliphatic rings. The van der Waals surface area contributed by atoms with Gasteiger partial charge in [-0.25, -0.2) is 0 Å². The summed E-state index contributed by atoms with van der Waals surface area (Å²) in [5.41, 5.74) is -0.268. The van der Waals surface area contributed by atoms with Crippen LogP contribution in [0.1, 0.15) is 27.5 Å². The second-order valence-corrected chi connectivity index (χ2v) is 6.03. The lowest BCUT2D eigenvalue weighted by Gasteiger charge is -2.22. The number of aliphatic hydroxyl groups excluding tert-OH is 1. The Labute approximate surface area is 158 Å². The summed E-state index contributed by atoms with van der Waals surface area (Å²) in [4.78, 5) is 12.6. The van der Waals surface area contributed by atoms with Crippen LogP contribution in [0.15, 0.2) is 36.4 Å². The molecule has 2 N–H and O–H groups in total. The van der Waals surface area contributed by atoms with Crippen molar-refractivity contribution in [2.45, 2.75) is 12.2 Å². The largest absolute Gasteiger partial charge is 0.493 e. The summed E-state index contributed by atoms with van der Waals surface area (Å²) in [6.07, 6.45) is -4.46. The third kappa shape index (κ3) is 4.14. The highest BCUT2D eigenvalue weighted by molar-refractivity contribution is 5.96. The van der Waals surface area contributed by atoms with E-state index in [-0.39, 0.29) is 5.56 Å². The summed E-state index contributed by atoms with van der Waals surface area (Å²) < 4.78 is 54.2. The number of benzene rings is 2. The minimum atomic E-state index is -4.46. The van der Waals surface area contributed by atoms with Gasteiger partial charge in [-0.3, -0.25) is 4.79 Å². The van der Waals surface area contributed by atoms with Crippen LogP contribution < -0.4 is 19.5 Å². The fraction of sp³-hybridized carbons (Fsp3) is 0.316. The summed E-state index contributed by atoms with van der Waals surface area (Å²) in [6, 6.07) is 6.29. The minimum absolute atomic E-state index is 0.200. The standard InChI is InChI=1S/C19H18F3NO5/c1-26-15-8-12(9-16-17(15)28-7-6-27-16)18(25)23-14(10-24)11-2-4-13(5-3-11)19(20,21)22/h2-5,8-9,14,24H,6-7,10H2,1H3,(H,23,25)/t14-/m0/s1. The number of hydrogen-bond acceptors (Lipinski definition) is 5. The van der Waals surface area contributed by atoms with Crippen molar-refractivity contribution in [2.75, 3.05) is 26.9 Å². The quantitative estimate of drug-likeness (QED) is 0.811. The number of methoxy groups -OCH3 is 1. The molecular formula is C19H18F3NO5. The van der Waals surface area contributed by atoms with E-state index >= 15 is 0 Å². The third-order valence-electron chi connectivity index (χ3n) is 4.22. The van der Waals surface area contributed by atoms with Gasteiger partial charge in [0.2, 0.25) is 5.75 Å². The van der Waals surface area contributed by atoms with E-state index in [1.165, 1.54) is 31.4 Å². The Bertz CT molecular complexity index is 835. The second kappa shape index (κ2) is 7.97. The van der Waals surface area contributed by atoms with Crippen LogP contribution in [-0.2, 0) is 6.18 Å². The molecule has 9 heteroatoms. The summed E-state index contributed by atoms with van der Waals surface area (Å²) in [5.74, 6) is 0.518. The molecule has 0 spiro atoms. The number of carbonyl (C=O) groups is 1. The minimum Gasteiger partial charge on any atom is -0.493 e. The summed E-state index contributed by atoms with van der Waals surface area (Å²) in [5, 5.41) is 12.2. The van der Waals surface area contributed by atoms with Crippen molar-refractivity contribution in [1.29, 1.82) is 0 Å². The predicted molar refractivity (Wildman–Crippen MR) is 92.7 cm³/mol. The van der Waals surface area contributed by atoms with E-state index in [0.717, 1.165) is 12.1 Å². The zero-order valence-electron chi connectivity index (χ0n) is 14.9. The molecule has 150 valence electrons. The normalized spacial score (nSPS) is 14.3. The van der Waals surface area contributed by atoms with Crippen LogP contribution in [0.4, 0.5) is 13.2 Å². The van der Waals surface area contributed by atoms with Crippen LogP contribution in [0, 0.1) is 0 Å². The maximum absolute atomic E-state index is 12.7. The lowest BCUT2D eigenvalue weighted by molar-refractivity contribution is -0.137. The fourth-order valence-corrected chi connectivity index (χ4v) is 2.78. The van der Waals surface area contributed by atoms with Gasteiger partial charge in [0, 0.05) is 5.56 Å². The molecule has 0 radical (unpaired) electrons. The molecule has 3 rings (SSSR count). The summed E-state index contributed by atoms with van der Waals surface area (Å²) >= 11 is 0. The van der Waals surface area contributed by atoms with Crippen LogP contribution in [0.3, 0.4) is 0 Å². The Morgan fingerprint density at radius 2 is 1.89 bits per heavy atom. The molecule has 0 bridgehead atoms. The van der Waals surface area contributed by atoms with Gasteiger partial charge in [-0.2, -0.15) is 13.2 Å². The van der Waals surface area contributed by atoms with Gasteiger partial charge in [0.05, 0.1) is 25.3 Å². The second-order valence-electron chi connectivity index (χ2n) is 6.03. The topological polar surface area (TPSA) is 77.0 Å². The van der Waals surface area contributed by atoms with Gasteiger partial charge in [0.1, 0.15) is 13.2 Å². The van der Waals surface area contributed by atoms with Crippen molar-refractivity contribution in [3.05, 3.63) is 53.1 Å². The predicted octanol–water partition coefficient (Wildman–Crippen LogP) is 2.95. The van der Waals surface area contributed by atoms with Gasteiger partial charge in [-0.1, -0.05) is 12.1 Å². The van der Waals surface area contributed by atoms with Crippen LogP contribution in [-0.4, -0.2) is 37.9 Å². The van der Waals surface area contributed by atoms with Gasteiger partial charge >= 0.3 is 6.18 Å². The van der Waals surface area contributed by atoms with E-state index in [2.05, 4.69) is 5.32 Å². The fourth-order valence-electron chi connectivity index (χ4n) is 2.78. The van der Waals surface area contributed by atoms with Crippen LogP contribution in [0.5, 0.6) is 17.2 Å². The molecule has 6 nitrogen and oxygen atoms in total. The first-order valence-corrected chi connectivity index (χ1v) is 8.40. The van der Waals surface area contributed by atoms with Crippen molar-refractivity contribution in [2.24, 2.45) is 0 Å². The average Bonchev–Trinajstić information content (AvgIpc) is 2.70. The molecule has 0 saturated heterocycles. The van der Waals surface area contributed by atoms with Gasteiger partial charge in [0.25, 0.3) is 5.91 Å². The zero-order chi connectivity index (χ0) is 20.3. The molecule has 28 heavy (non-hydrogen) atoms. The lowest BCUT2D eigenvalue weighted by Crippen LogP contribution is -2.31. The van der Waals surface area contributed by atoms with Gasteiger partial charge in [-0.05, 0) is 29.8 Å². The zero-order valence-corrected chi connectivity index (χ0v) is 14.9. The van der Waals surface area contributed by atoms with Gasteiger partial charge in [-0.15, -0.1) is 0 Å². The van der Waals surface area contributed by atoms with E-state index in [4.69, 9.17) is 14.2 Å². The lowest BCUT2D eigenvalue weighted by atomic mass is 10.0. The highest BCUT2D eigenvalue weighted by atomic mass is 19.4. The molecule has 1 atom stereocenters. The number of ether oxygens (including phenoxy) is 3. The van der Waals surface area contributed by atoms with Gasteiger partial charge < -0.3 is 24.6 Å². The van der Waals surface area contributed by atoms with Gasteiger partial charge in [0.15, 0.2) is 11.5 Å². The number of halogens is 3. The maximum atomic E-state index is 12.7. The molecule has 2 aromatic carbocycles. The Kier molecular flexibility index (Phi) is 5.64. The average molecular weight is 397 g/mol. The molecule has 0 aromatic heterocycles. The first-order valence-electron chi connectivity index (χ1n) is 8.40. The molecule has 1 heterocycles. The maximum Gasteiger partial charge on any atom is 0.416 e. The molecule has 0 saturated carbocycles. The summed E-state index contributed by atoms with van der Waals surface area (Å²) in [6.45, 7) is 0.195. The number of carbonyl (C=O) groups excluding carboxylic acids is 1. The molecule has 0 unspecified atom stereocenters. The summed E-state index contributed by atoms with van der Waals surface area (Å²) in [7, 11) is 1.42. The number of hydrogen-bond donors (Lipinski definition) is 2. The first kappa shape index (κ1) is 19.8.